The molecule has 1 fully saturated rings. The Bertz CT molecular complexity index is 1470. The lowest BCUT2D eigenvalue weighted by Gasteiger charge is -2.38. The highest BCUT2D eigenvalue weighted by Crippen LogP contribution is 2.47. The zero-order valence-electron chi connectivity index (χ0n) is 18.3. The van der Waals surface area contributed by atoms with Crippen molar-refractivity contribution in [3.63, 3.8) is 0 Å². The van der Waals surface area contributed by atoms with E-state index in [4.69, 9.17) is 4.98 Å². The molecule has 1 unspecified atom stereocenters. The van der Waals surface area contributed by atoms with Crippen LogP contribution < -0.4 is 0 Å². The molecule has 5 aromatic rings. The van der Waals surface area contributed by atoms with Gasteiger partial charge in [0.1, 0.15) is 4.83 Å². The van der Waals surface area contributed by atoms with Crippen LogP contribution in [0, 0.1) is 5.92 Å². The summed E-state index contributed by atoms with van der Waals surface area (Å²) in [5.41, 5.74) is 3.76. The van der Waals surface area contributed by atoms with Gasteiger partial charge in [0, 0.05) is 59.5 Å². The molecule has 0 radical (unpaired) electrons. The van der Waals surface area contributed by atoms with Gasteiger partial charge >= 0.3 is 0 Å². The molecule has 1 aliphatic rings. The van der Waals surface area contributed by atoms with Crippen molar-refractivity contribution in [3.8, 4) is 22.5 Å². The minimum atomic E-state index is -0.830. The van der Waals surface area contributed by atoms with Crippen molar-refractivity contribution in [2.75, 3.05) is 0 Å². The van der Waals surface area contributed by atoms with E-state index in [1.165, 1.54) is 6.42 Å². The van der Waals surface area contributed by atoms with E-state index in [0.29, 0.717) is 5.92 Å². The summed E-state index contributed by atoms with van der Waals surface area (Å²) in [6, 6.07) is 8.32. The van der Waals surface area contributed by atoms with Crippen molar-refractivity contribution in [3.05, 3.63) is 47.7 Å². The van der Waals surface area contributed by atoms with Crippen molar-refractivity contribution >= 4 is 32.6 Å². The molecule has 6 rings (SSSR count). The maximum absolute atomic E-state index is 11.3. The number of pyridine rings is 2. The lowest BCUT2D eigenvalue weighted by Crippen LogP contribution is -2.35. The molecule has 0 aliphatic heterocycles. The smallest absolute Gasteiger partial charge is 0.181 e. The second kappa shape index (κ2) is 6.95. The number of rotatable bonds is 4. The normalized spacial score (nSPS) is 16.5. The summed E-state index contributed by atoms with van der Waals surface area (Å²) in [6.07, 6.45) is 8.94. The number of aryl methyl sites for hydroxylation is 2. The highest BCUT2D eigenvalue weighted by molar-refractivity contribution is 7.18. The summed E-state index contributed by atoms with van der Waals surface area (Å²) in [5.74, 6) is 0.312. The van der Waals surface area contributed by atoms with Crippen LogP contribution >= 0.6 is 11.3 Å². The monoisotopic (exact) mass is 444 g/mol. The first kappa shape index (κ1) is 19.6. The number of fused-ring (bicyclic) bond motifs is 2. The first-order valence-corrected chi connectivity index (χ1v) is 11.7. The zero-order valence-corrected chi connectivity index (χ0v) is 19.1. The van der Waals surface area contributed by atoms with Gasteiger partial charge in [-0.1, -0.05) is 6.42 Å². The average Bonchev–Trinajstić information content (AvgIpc) is 3.41. The fourth-order valence-corrected chi connectivity index (χ4v) is 5.79. The lowest BCUT2D eigenvalue weighted by molar-refractivity contribution is -0.0368. The van der Waals surface area contributed by atoms with Gasteiger partial charge in [-0.05, 0) is 49.9 Å². The standard InChI is InChI=1S/C24H24N6OS/c1-24(31,16-5-4-6-16)21-11-18-17(20-7-8-26-30(20)3)10-19(27-23(18)32-21)14-9-15-13-29(2)28-22(15)25-12-14/h7-13,16,31H,4-6H2,1-3H3. The predicted octanol–water partition coefficient (Wildman–Crippen LogP) is 4.65. The summed E-state index contributed by atoms with van der Waals surface area (Å²) in [4.78, 5) is 11.4. The summed E-state index contributed by atoms with van der Waals surface area (Å²) in [7, 11) is 3.84. The molecule has 1 atom stereocenters. The average molecular weight is 445 g/mol. The van der Waals surface area contributed by atoms with Crippen LogP contribution in [0.4, 0.5) is 0 Å². The summed E-state index contributed by atoms with van der Waals surface area (Å²) in [6.45, 7) is 1.95. The first-order valence-electron chi connectivity index (χ1n) is 10.9. The molecule has 1 aliphatic carbocycles. The Kier molecular flexibility index (Phi) is 4.25. The van der Waals surface area contributed by atoms with Crippen LogP contribution in [0.2, 0.25) is 0 Å². The highest BCUT2D eigenvalue weighted by atomic mass is 32.1. The molecule has 8 heteroatoms. The SMILES string of the molecule is Cn1cc2cc(-c3cc(-c4ccnn4C)c4cc(C(C)(O)C5CCC5)sc4n3)cnc2n1. The lowest BCUT2D eigenvalue weighted by atomic mass is 9.73. The van der Waals surface area contributed by atoms with Crippen LogP contribution in [-0.2, 0) is 19.7 Å². The van der Waals surface area contributed by atoms with Crippen LogP contribution in [0.5, 0.6) is 0 Å². The highest BCUT2D eigenvalue weighted by Gasteiger charge is 2.39. The van der Waals surface area contributed by atoms with Crippen molar-refractivity contribution in [1.82, 2.24) is 29.5 Å². The molecule has 0 saturated heterocycles. The molecule has 0 spiro atoms. The Hall–Kier alpha value is -3.10. The van der Waals surface area contributed by atoms with Gasteiger partial charge in [0.25, 0.3) is 0 Å². The molecule has 1 N–H and O–H groups in total. The van der Waals surface area contributed by atoms with Crippen LogP contribution in [-0.4, -0.2) is 34.6 Å². The van der Waals surface area contributed by atoms with Gasteiger partial charge in [0.2, 0.25) is 0 Å². The molecule has 5 heterocycles. The van der Waals surface area contributed by atoms with Crippen molar-refractivity contribution in [2.24, 2.45) is 20.0 Å². The molecule has 1 saturated carbocycles. The Balaban J connectivity index is 1.57. The zero-order chi connectivity index (χ0) is 22.0. The minimum Gasteiger partial charge on any atom is -0.384 e. The molecule has 5 aromatic heterocycles. The molecule has 7 nitrogen and oxygen atoms in total. The number of hydrogen-bond acceptors (Lipinski definition) is 6. The van der Waals surface area contributed by atoms with Crippen molar-refractivity contribution in [1.29, 1.82) is 0 Å². The van der Waals surface area contributed by atoms with E-state index >= 15 is 0 Å². The number of aromatic nitrogens is 6. The second-order valence-corrected chi connectivity index (χ2v) is 9.97. The largest absolute Gasteiger partial charge is 0.384 e. The molecular formula is C24H24N6OS. The van der Waals surface area contributed by atoms with Crippen molar-refractivity contribution in [2.45, 2.75) is 31.8 Å². The maximum Gasteiger partial charge on any atom is 0.181 e. The molecule has 0 bridgehead atoms. The van der Waals surface area contributed by atoms with Gasteiger partial charge in [0.05, 0.1) is 17.0 Å². The van der Waals surface area contributed by atoms with E-state index in [-0.39, 0.29) is 0 Å². The predicted molar refractivity (Wildman–Crippen MR) is 126 cm³/mol. The quantitative estimate of drug-likeness (QED) is 0.436. The number of thiophene rings is 1. The van der Waals surface area contributed by atoms with Gasteiger partial charge in [0.15, 0.2) is 5.65 Å². The summed E-state index contributed by atoms with van der Waals surface area (Å²) < 4.78 is 3.65. The van der Waals surface area contributed by atoms with Gasteiger partial charge < -0.3 is 5.11 Å². The van der Waals surface area contributed by atoms with E-state index in [0.717, 1.165) is 61.5 Å². The third-order valence-electron chi connectivity index (χ3n) is 6.77. The number of nitrogens with zero attached hydrogens (tertiary/aromatic N) is 6. The number of hydrogen-bond donors (Lipinski definition) is 1. The van der Waals surface area contributed by atoms with E-state index in [1.807, 2.05) is 50.4 Å². The molecule has 0 amide bonds. The Morgan fingerprint density at radius 2 is 2.03 bits per heavy atom. The van der Waals surface area contributed by atoms with Crippen molar-refractivity contribution < 1.29 is 5.11 Å². The van der Waals surface area contributed by atoms with Crippen LogP contribution in [0.1, 0.15) is 31.1 Å². The second-order valence-electron chi connectivity index (χ2n) is 8.94. The Labute approximate surface area is 189 Å². The fourth-order valence-electron chi connectivity index (χ4n) is 4.61. The maximum atomic E-state index is 11.3. The summed E-state index contributed by atoms with van der Waals surface area (Å²) in [5, 5.41) is 22.1. The summed E-state index contributed by atoms with van der Waals surface area (Å²) >= 11 is 1.59. The van der Waals surface area contributed by atoms with Gasteiger partial charge in [-0.15, -0.1) is 11.3 Å². The third-order valence-corrected chi connectivity index (χ3v) is 8.03. The molecule has 0 aromatic carbocycles. The van der Waals surface area contributed by atoms with E-state index < -0.39 is 5.60 Å². The Morgan fingerprint density at radius 1 is 1.19 bits per heavy atom. The minimum absolute atomic E-state index is 0.312. The van der Waals surface area contributed by atoms with Gasteiger partial charge in [-0.2, -0.15) is 10.2 Å². The van der Waals surface area contributed by atoms with Gasteiger partial charge in [-0.3, -0.25) is 9.36 Å². The van der Waals surface area contributed by atoms with Crippen LogP contribution in [0.3, 0.4) is 0 Å². The topological polar surface area (TPSA) is 81.7 Å². The molecular weight excluding hydrogens is 420 g/mol. The van der Waals surface area contributed by atoms with Gasteiger partial charge in [-0.25, -0.2) is 9.97 Å². The van der Waals surface area contributed by atoms with Crippen LogP contribution in [0.25, 0.3) is 43.8 Å². The fraction of sp³-hybridized carbons (Fsp3) is 0.333. The number of aliphatic hydroxyl groups is 1. The first-order chi connectivity index (χ1) is 15.4. The molecule has 32 heavy (non-hydrogen) atoms. The van der Waals surface area contributed by atoms with E-state index in [9.17, 15) is 5.11 Å². The van der Waals surface area contributed by atoms with Crippen LogP contribution in [0.15, 0.2) is 42.9 Å². The molecule has 162 valence electrons. The van der Waals surface area contributed by atoms with E-state index in [2.05, 4.69) is 33.4 Å². The third kappa shape index (κ3) is 2.97. The van der Waals surface area contributed by atoms with E-state index in [1.54, 1.807) is 16.0 Å². The Morgan fingerprint density at radius 3 is 2.75 bits per heavy atom.